The lowest BCUT2D eigenvalue weighted by atomic mass is 10.1. The van der Waals surface area contributed by atoms with Crippen molar-refractivity contribution < 1.29 is 4.74 Å². The molecule has 2 atom stereocenters. The topological polar surface area (TPSA) is 47.3 Å². The first kappa shape index (κ1) is 15.1. The fourth-order valence-corrected chi connectivity index (χ4v) is 2.07. The maximum absolute atomic E-state index is 5.84. The Morgan fingerprint density at radius 1 is 1.14 bits per heavy atom. The third-order valence-electron chi connectivity index (χ3n) is 3.18. The first-order chi connectivity index (χ1) is 10.2. The van der Waals surface area contributed by atoms with Gasteiger partial charge in [0.2, 0.25) is 0 Å². The van der Waals surface area contributed by atoms with Gasteiger partial charge in [0.1, 0.15) is 11.5 Å². The normalized spacial score (nSPS) is 13.2. The standard InChI is InChI=1S/C18H20N2O/c1-3-14(2)20-18(13-19)15-8-7-11-17(12-15)21-16-9-5-4-6-10-16/h1,4-12,14,18,20H,13,19H2,2H3. The van der Waals surface area contributed by atoms with Crippen molar-refractivity contribution in [1.29, 1.82) is 0 Å². The highest BCUT2D eigenvalue weighted by Crippen LogP contribution is 2.24. The van der Waals surface area contributed by atoms with E-state index in [1.54, 1.807) is 0 Å². The molecule has 0 aliphatic heterocycles. The van der Waals surface area contributed by atoms with E-state index in [9.17, 15) is 0 Å². The summed E-state index contributed by atoms with van der Waals surface area (Å²) in [5, 5.41) is 3.31. The molecule has 2 aromatic carbocycles. The van der Waals surface area contributed by atoms with Gasteiger partial charge in [0.05, 0.1) is 6.04 Å². The Bertz CT molecular complexity index is 604. The summed E-state index contributed by atoms with van der Waals surface area (Å²) in [7, 11) is 0. The average molecular weight is 280 g/mol. The molecule has 3 heteroatoms. The van der Waals surface area contributed by atoms with Crippen LogP contribution in [0.2, 0.25) is 0 Å². The van der Waals surface area contributed by atoms with Gasteiger partial charge in [-0.3, -0.25) is 5.32 Å². The van der Waals surface area contributed by atoms with Gasteiger partial charge in [-0.1, -0.05) is 36.3 Å². The SMILES string of the molecule is C#CC(C)NC(CN)c1cccc(Oc2ccccc2)c1. The highest BCUT2D eigenvalue weighted by atomic mass is 16.5. The Hall–Kier alpha value is -2.28. The van der Waals surface area contributed by atoms with Crippen molar-refractivity contribution in [1.82, 2.24) is 5.32 Å². The van der Waals surface area contributed by atoms with Gasteiger partial charge in [0, 0.05) is 12.6 Å². The van der Waals surface area contributed by atoms with Crippen molar-refractivity contribution in [3.05, 3.63) is 60.2 Å². The van der Waals surface area contributed by atoms with Crippen LogP contribution in [0, 0.1) is 12.3 Å². The van der Waals surface area contributed by atoms with Gasteiger partial charge < -0.3 is 10.5 Å². The molecule has 0 saturated carbocycles. The summed E-state index contributed by atoms with van der Waals surface area (Å²) in [6.07, 6.45) is 5.41. The molecule has 0 aliphatic carbocycles. The summed E-state index contributed by atoms with van der Waals surface area (Å²) in [5.41, 5.74) is 6.90. The van der Waals surface area contributed by atoms with Gasteiger partial charge in [-0.25, -0.2) is 0 Å². The maximum atomic E-state index is 5.84. The third-order valence-corrected chi connectivity index (χ3v) is 3.18. The lowest BCUT2D eigenvalue weighted by Gasteiger charge is -2.20. The molecule has 0 spiro atoms. The Morgan fingerprint density at radius 2 is 1.86 bits per heavy atom. The molecule has 0 fully saturated rings. The number of nitrogens with two attached hydrogens (primary N) is 1. The molecule has 2 aromatic rings. The van der Waals surface area contributed by atoms with E-state index in [-0.39, 0.29) is 12.1 Å². The van der Waals surface area contributed by atoms with Crippen molar-refractivity contribution >= 4 is 0 Å². The Kier molecular flexibility index (Phi) is 5.39. The second-order valence-electron chi connectivity index (χ2n) is 4.83. The molecule has 21 heavy (non-hydrogen) atoms. The molecule has 0 saturated heterocycles. The van der Waals surface area contributed by atoms with Crippen LogP contribution in [0.25, 0.3) is 0 Å². The van der Waals surface area contributed by atoms with Crippen molar-refractivity contribution in [3.8, 4) is 23.8 Å². The van der Waals surface area contributed by atoms with E-state index >= 15 is 0 Å². The molecular weight excluding hydrogens is 260 g/mol. The lowest BCUT2D eigenvalue weighted by molar-refractivity contribution is 0.476. The van der Waals surface area contributed by atoms with Crippen LogP contribution >= 0.6 is 0 Å². The minimum Gasteiger partial charge on any atom is -0.457 e. The number of terminal acetylenes is 1. The van der Waals surface area contributed by atoms with E-state index in [2.05, 4.69) is 11.2 Å². The largest absolute Gasteiger partial charge is 0.457 e. The molecule has 0 amide bonds. The summed E-state index contributed by atoms with van der Waals surface area (Å²) in [6, 6.07) is 17.6. The second kappa shape index (κ2) is 7.49. The molecule has 0 aliphatic rings. The highest BCUT2D eigenvalue weighted by molar-refractivity contribution is 5.35. The smallest absolute Gasteiger partial charge is 0.127 e. The van der Waals surface area contributed by atoms with Crippen LogP contribution in [-0.2, 0) is 0 Å². The zero-order valence-electron chi connectivity index (χ0n) is 12.1. The average Bonchev–Trinajstić information content (AvgIpc) is 2.53. The number of benzene rings is 2. The molecule has 2 rings (SSSR count). The van der Waals surface area contributed by atoms with Crippen LogP contribution < -0.4 is 15.8 Å². The van der Waals surface area contributed by atoms with Crippen molar-refractivity contribution in [2.75, 3.05) is 6.54 Å². The zero-order chi connectivity index (χ0) is 15.1. The molecule has 3 nitrogen and oxygen atoms in total. The molecule has 108 valence electrons. The quantitative estimate of drug-likeness (QED) is 0.799. The van der Waals surface area contributed by atoms with Crippen LogP contribution in [0.15, 0.2) is 54.6 Å². The van der Waals surface area contributed by atoms with E-state index < -0.39 is 0 Å². The van der Waals surface area contributed by atoms with E-state index in [0.717, 1.165) is 17.1 Å². The van der Waals surface area contributed by atoms with Crippen molar-refractivity contribution in [2.24, 2.45) is 5.73 Å². The molecular formula is C18H20N2O. The van der Waals surface area contributed by atoms with E-state index in [4.69, 9.17) is 16.9 Å². The monoisotopic (exact) mass is 280 g/mol. The number of hydrogen-bond donors (Lipinski definition) is 2. The predicted molar refractivity (Wildman–Crippen MR) is 86.2 cm³/mol. The predicted octanol–water partition coefficient (Wildman–Crippen LogP) is 3.09. The molecule has 2 unspecified atom stereocenters. The third kappa shape index (κ3) is 4.35. The van der Waals surface area contributed by atoms with Crippen LogP contribution in [0.4, 0.5) is 0 Å². The van der Waals surface area contributed by atoms with E-state index in [1.807, 2.05) is 61.5 Å². The van der Waals surface area contributed by atoms with Crippen LogP contribution in [0.1, 0.15) is 18.5 Å². The minimum atomic E-state index is -0.0303. The molecule has 0 aromatic heterocycles. The Morgan fingerprint density at radius 3 is 2.52 bits per heavy atom. The first-order valence-corrected chi connectivity index (χ1v) is 6.98. The Balaban J connectivity index is 2.14. The summed E-state index contributed by atoms with van der Waals surface area (Å²) >= 11 is 0. The van der Waals surface area contributed by atoms with E-state index in [0.29, 0.717) is 6.54 Å². The number of ether oxygens (including phenoxy) is 1. The summed E-state index contributed by atoms with van der Waals surface area (Å²) in [5.74, 6) is 4.25. The summed E-state index contributed by atoms with van der Waals surface area (Å²) in [4.78, 5) is 0. The number of hydrogen-bond acceptors (Lipinski definition) is 3. The minimum absolute atomic E-state index is 0.00960. The maximum Gasteiger partial charge on any atom is 0.127 e. The summed E-state index contributed by atoms with van der Waals surface area (Å²) < 4.78 is 5.84. The second-order valence-corrected chi connectivity index (χ2v) is 4.83. The first-order valence-electron chi connectivity index (χ1n) is 6.98. The van der Waals surface area contributed by atoms with Gasteiger partial charge in [0.15, 0.2) is 0 Å². The zero-order valence-corrected chi connectivity index (χ0v) is 12.1. The van der Waals surface area contributed by atoms with Gasteiger partial charge >= 0.3 is 0 Å². The fourth-order valence-electron chi connectivity index (χ4n) is 2.07. The molecule has 0 radical (unpaired) electrons. The fraction of sp³-hybridized carbons (Fsp3) is 0.222. The van der Waals surface area contributed by atoms with Crippen LogP contribution in [0.5, 0.6) is 11.5 Å². The van der Waals surface area contributed by atoms with Crippen molar-refractivity contribution in [2.45, 2.75) is 19.0 Å². The molecule has 0 heterocycles. The van der Waals surface area contributed by atoms with Crippen LogP contribution in [0.3, 0.4) is 0 Å². The molecule has 0 bridgehead atoms. The number of para-hydroxylation sites is 1. The number of nitrogens with one attached hydrogen (secondary N) is 1. The number of rotatable bonds is 6. The van der Waals surface area contributed by atoms with Gasteiger partial charge in [-0.05, 0) is 36.8 Å². The summed E-state index contributed by atoms with van der Waals surface area (Å²) in [6.45, 7) is 2.41. The van der Waals surface area contributed by atoms with Crippen LogP contribution in [-0.4, -0.2) is 12.6 Å². The molecule has 3 N–H and O–H groups in total. The van der Waals surface area contributed by atoms with Gasteiger partial charge in [0.25, 0.3) is 0 Å². The van der Waals surface area contributed by atoms with Gasteiger partial charge in [-0.15, -0.1) is 6.42 Å². The Labute approximate surface area is 126 Å². The van der Waals surface area contributed by atoms with E-state index in [1.165, 1.54) is 0 Å². The lowest BCUT2D eigenvalue weighted by Crippen LogP contribution is -2.34. The highest BCUT2D eigenvalue weighted by Gasteiger charge is 2.12. The van der Waals surface area contributed by atoms with Gasteiger partial charge in [-0.2, -0.15) is 0 Å². The van der Waals surface area contributed by atoms with Crippen molar-refractivity contribution in [3.63, 3.8) is 0 Å².